The highest BCUT2D eigenvalue weighted by Crippen LogP contribution is 2.38. The van der Waals surface area contributed by atoms with Gasteiger partial charge in [0.1, 0.15) is 5.75 Å². The quantitative estimate of drug-likeness (QED) is 0.799. The Morgan fingerprint density at radius 2 is 1.89 bits per heavy atom. The standard InChI is InChI=1S/C24H30O4/c1-2-27-20-8-6-16(7-9-20)10-17-11-18-4-3-5-22(18)23(12-17)24-14-19(26)13-21(15-25)28-24/h6-9,11-12,19,21,24-26H,2-5,10,13-15H2,1H3. The van der Waals surface area contributed by atoms with Gasteiger partial charge in [-0.2, -0.15) is 0 Å². The maximum Gasteiger partial charge on any atom is 0.119 e. The minimum Gasteiger partial charge on any atom is -0.494 e. The van der Waals surface area contributed by atoms with Crippen molar-refractivity contribution in [3.8, 4) is 5.75 Å². The summed E-state index contributed by atoms with van der Waals surface area (Å²) in [6.07, 6.45) is 4.53. The van der Waals surface area contributed by atoms with E-state index in [0.29, 0.717) is 19.4 Å². The highest BCUT2D eigenvalue weighted by atomic mass is 16.5. The van der Waals surface area contributed by atoms with E-state index in [9.17, 15) is 10.2 Å². The van der Waals surface area contributed by atoms with Crippen LogP contribution in [0.25, 0.3) is 0 Å². The van der Waals surface area contributed by atoms with Gasteiger partial charge in [0, 0.05) is 12.8 Å². The lowest BCUT2D eigenvalue weighted by molar-refractivity contribution is -0.114. The molecule has 2 aromatic rings. The van der Waals surface area contributed by atoms with Crippen molar-refractivity contribution in [2.24, 2.45) is 0 Å². The summed E-state index contributed by atoms with van der Waals surface area (Å²) in [6.45, 7) is 2.63. The third kappa shape index (κ3) is 4.24. The van der Waals surface area contributed by atoms with E-state index in [0.717, 1.165) is 25.0 Å². The minimum absolute atomic E-state index is 0.0401. The maximum absolute atomic E-state index is 10.3. The van der Waals surface area contributed by atoms with Crippen LogP contribution < -0.4 is 4.74 Å². The molecule has 0 spiro atoms. The average molecular weight is 383 g/mol. The molecule has 0 saturated carbocycles. The van der Waals surface area contributed by atoms with Gasteiger partial charge in [0.2, 0.25) is 0 Å². The Kier molecular flexibility index (Phi) is 6.00. The second kappa shape index (κ2) is 8.64. The maximum atomic E-state index is 10.3. The number of ether oxygens (including phenoxy) is 2. The van der Waals surface area contributed by atoms with Crippen LogP contribution in [0.15, 0.2) is 36.4 Å². The molecule has 0 aromatic heterocycles. The zero-order chi connectivity index (χ0) is 19.5. The van der Waals surface area contributed by atoms with Gasteiger partial charge in [-0.25, -0.2) is 0 Å². The van der Waals surface area contributed by atoms with Gasteiger partial charge in [0.15, 0.2) is 0 Å². The molecule has 28 heavy (non-hydrogen) atoms. The third-order valence-corrected chi connectivity index (χ3v) is 5.88. The Bertz CT molecular complexity index is 799. The van der Waals surface area contributed by atoms with Crippen molar-refractivity contribution in [1.82, 2.24) is 0 Å². The molecule has 2 aromatic carbocycles. The molecule has 4 nitrogen and oxygen atoms in total. The minimum atomic E-state index is -0.414. The number of rotatable bonds is 6. The first-order valence-corrected chi connectivity index (χ1v) is 10.5. The van der Waals surface area contributed by atoms with Crippen molar-refractivity contribution in [2.45, 2.75) is 63.8 Å². The van der Waals surface area contributed by atoms with E-state index in [1.54, 1.807) is 0 Å². The molecule has 150 valence electrons. The molecule has 1 saturated heterocycles. The number of hydrogen-bond donors (Lipinski definition) is 2. The predicted octanol–water partition coefficient (Wildman–Crippen LogP) is 3.74. The molecule has 0 amide bonds. The van der Waals surface area contributed by atoms with Crippen LogP contribution in [0.3, 0.4) is 0 Å². The van der Waals surface area contributed by atoms with Crippen molar-refractivity contribution in [1.29, 1.82) is 0 Å². The van der Waals surface area contributed by atoms with E-state index in [4.69, 9.17) is 9.47 Å². The molecule has 0 radical (unpaired) electrons. The molecule has 3 unspecified atom stereocenters. The lowest BCUT2D eigenvalue weighted by atomic mass is 9.89. The molecule has 1 heterocycles. The summed E-state index contributed by atoms with van der Waals surface area (Å²) in [5.41, 5.74) is 6.57. The summed E-state index contributed by atoms with van der Waals surface area (Å²) in [5, 5.41) is 19.8. The van der Waals surface area contributed by atoms with Crippen LogP contribution in [0, 0.1) is 0 Å². The number of fused-ring (bicyclic) bond motifs is 1. The van der Waals surface area contributed by atoms with Crippen molar-refractivity contribution in [2.75, 3.05) is 13.2 Å². The lowest BCUT2D eigenvalue weighted by Gasteiger charge is -2.33. The second-order valence-electron chi connectivity index (χ2n) is 7.98. The molecule has 1 fully saturated rings. The van der Waals surface area contributed by atoms with E-state index in [2.05, 4.69) is 24.3 Å². The van der Waals surface area contributed by atoms with E-state index in [-0.39, 0.29) is 18.8 Å². The lowest BCUT2D eigenvalue weighted by Crippen LogP contribution is -2.33. The fourth-order valence-electron chi connectivity index (χ4n) is 4.61. The summed E-state index contributed by atoms with van der Waals surface area (Å²) in [4.78, 5) is 0. The summed E-state index contributed by atoms with van der Waals surface area (Å²) in [6, 6.07) is 12.9. The Hall–Kier alpha value is -1.88. The molecule has 1 aliphatic heterocycles. The van der Waals surface area contributed by atoms with Gasteiger partial charge in [-0.15, -0.1) is 0 Å². The Balaban J connectivity index is 1.60. The van der Waals surface area contributed by atoms with Gasteiger partial charge in [-0.05, 0) is 72.6 Å². The molecule has 4 heteroatoms. The van der Waals surface area contributed by atoms with Crippen molar-refractivity contribution in [3.05, 3.63) is 64.2 Å². The van der Waals surface area contributed by atoms with E-state index in [1.807, 2.05) is 19.1 Å². The van der Waals surface area contributed by atoms with Crippen LogP contribution in [0.4, 0.5) is 0 Å². The third-order valence-electron chi connectivity index (χ3n) is 5.88. The number of aliphatic hydroxyl groups is 2. The molecular formula is C24H30O4. The molecule has 2 N–H and O–H groups in total. The van der Waals surface area contributed by atoms with Crippen LogP contribution in [0.2, 0.25) is 0 Å². The monoisotopic (exact) mass is 382 g/mol. The van der Waals surface area contributed by atoms with Crippen LogP contribution in [-0.4, -0.2) is 35.6 Å². The summed E-state index contributed by atoms with van der Waals surface area (Å²) >= 11 is 0. The highest BCUT2D eigenvalue weighted by Gasteiger charge is 2.31. The second-order valence-corrected chi connectivity index (χ2v) is 7.98. The average Bonchev–Trinajstić information content (AvgIpc) is 3.17. The fraction of sp³-hybridized carbons (Fsp3) is 0.500. The molecule has 0 bridgehead atoms. The normalized spacial score (nSPS) is 24.2. The van der Waals surface area contributed by atoms with E-state index < -0.39 is 6.10 Å². The smallest absolute Gasteiger partial charge is 0.119 e. The molecule has 2 aliphatic rings. The van der Waals surface area contributed by atoms with Crippen molar-refractivity contribution in [3.63, 3.8) is 0 Å². The zero-order valence-corrected chi connectivity index (χ0v) is 16.6. The van der Waals surface area contributed by atoms with Gasteiger partial charge < -0.3 is 19.7 Å². The SMILES string of the molecule is CCOc1ccc(Cc2cc3c(c(C4CC(O)CC(CO)O4)c2)CCC3)cc1. The number of aryl methyl sites for hydroxylation is 1. The van der Waals surface area contributed by atoms with Crippen LogP contribution in [0.5, 0.6) is 5.75 Å². The topological polar surface area (TPSA) is 58.9 Å². The van der Waals surface area contributed by atoms with Gasteiger partial charge in [-0.3, -0.25) is 0 Å². The van der Waals surface area contributed by atoms with Crippen LogP contribution in [-0.2, 0) is 24.0 Å². The van der Waals surface area contributed by atoms with E-state index in [1.165, 1.54) is 34.2 Å². The molecule has 3 atom stereocenters. The van der Waals surface area contributed by atoms with Crippen molar-refractivity contribution >= 4 is 0 Å². The Labute approximate surface area is 167 Å². The molecule has 4 rings (SSSR count). The highest BCUT2D eigenvalue weighted by molar-refractivity contribution is 5.45. The first kappa shape index (κ1) is 19.4. The first-order valence-electron chi connectivity index (χ1n) is 10.5. The first-order chi connectivity index (χ1) is 13.7. The summed E-state index contributed by atoms with van der Waals surface area (Å²) in [5.74, 6) is 0.903. The largest absolute Gasteiger partial charge is 0.494 e. The number of aliphatic hydroxyl groups excluding tert-OH is 2. The number of hydrogen-bond acceptors (Lipinski definition) is 4. The fourth-order valence-corrected chi connectivity index (χ4v) is 4.61. The van der Waals surface area contributed by atoms with Crippen LogP contribution >= 0.6 is 0 Å². The van der Waals surface area contributed by atoms with E-state index >= 15 is 0 Å². The molecular weight excluding hydrogens is 352 g/mol. The van der Waals surface area contributed by atoms with Crippen LogP contribution in [0.1, 0.15) is 60.1 Å². The van der Waals surface area contributed by atoms with Gasteiger partial charge in [0.25, 0.3) is 0 Å². The van der Waals surface area contributed by atoms with Crippen molar-refractivity contribution < 1.29 is 19.7 Å². The van der Waals surface area contributed by atoms with Gasteiger partial charge >= 0.3 is 0 Å². The van der Waals surface area contributed by atoms with Gasteiger partial charge in [-0.1, -0.05) is 24.3 Å². The Morgan fingerprint density at radius 1 is 1.07 bits per heavy atom. The number of benzene rings is 2. The summed E-state index contributed by atoms with van der Waals surface area (Å²) < 4.78 is 11.7. The zero-order valence-electron chi connectivity index (χ0n) is 16.6. The predicted molar refractivity (Wildman–Crippen MR) is 109 cm³/mol. The Morgan fingerprint density at radius 3 is 2.64 bits per heavy atom. The molecule has 1 aliphatic carbocycles. The van der Waals surface area contributed by atoms with Gasteiger partial charge in [0.05, 0.1) is 31.5 Å². The summed E-state index contributed by atoms with van der Waals surface area (Å²) in [7, 11) is 0.